The fourth-order valence-corrected chi connectivity index (χ4v) is 4.51. The van der Waals surface area contributed by atoms with Crippen LogP contribution in [-0.4, -0.2) is 58.2 Å². The third kappa shape index (κ3) is 7.25. The van der Waals surface area contributed by atoms with Gasteiger partial charge in [-0.2, -0.15) is 0 Å². The predicted molar refractivity (Wildman–Crippen MR) is 123 cm³/mol. The monoisotopic (exact) mass is 445 g/mol. The lowest BCUT2D eigenvalue weighted by Crippen LogP contribution is -2.41. The van der Waals surface area contributed by atoms with Crippen LogP contribution in [0.1, 0.15) is 25.7 Å². The number of ether oxygens (including phenoxy) is 1. The number of likely N-dealkylation sites (tertiary alicyclic amines) is 1. The Hall–Kier alpha value is -2.58. The van der Waals surface area contributed by atoms with Gasteiger partial charge in [-0.1, -0.05) is 36.8 Å². The molecule has 2 aromatic carbocycles. The van der Waals surface area contributed by atoms with Gasteiger partial charge >= 0.3 is 0 Å². The minimum absolute atomic E-state index is 0.294. The number of nitrogens with one attached hydrogen (secondary N) is 1. The highest BCUT2D eigenvalue weighted by atomic mass is 32.2. The Labute approximate surface area is 185 Å². The summed E-state index contributed by atoms with van der Waals surface area (Å²) in [5.74, 6) is 0.626. The molecule has 0 aliphatic carbocycles. The summed E-state index contributed by atoms with van der Waals surface area (Å²) in [6.07, 6.45) is 5.71. The van der Waals surface area contributed by atoms with Crippen LogP contribution in [0.4, 0.5) is 5.69 Å². The fraction of sp³-hybridized carbons (Fsp3) is 0.435. The minimum atomic E-state index is -3.69. The minimum Gasteiger partial charge on any atom is -0.455 e. The van der Waals surface area contributed by atoms with Crippen LogP contribution in [0.25, 0.3) is 0 Å². The molecular formula is C23H31N3O4S. The SMILES string of the molecule is CS(=O)(=O)N(CC(=O)NCCCN1CCCCC1)c1ccccc1Oc1ccccc1. The molecule has 1 fully saturated rings. The Morgan fingerprint density at radius 3 is 2.42 bits per heavy atom. The van der Waals surface area contributed by atoms with Crippen molar-refractivity contribution in [3.05, 3.63) is 54.6 Å². The molecule has 8 heteroatoms. The number of carbonyl (C=O) groups is 1. The normalized spacial score (nSPS) is 14.7. The fourth-order valence-electron chi connectivity index (χ4n) is 3.65. The molecule has 3 rings (SSSR count). The van der Waals surface area contributed by atoms with E-state index in [0.29, 0.717) is 23.7 Å². The van der Waals surface area contributed by atoms with E-state index < -0.39 is 10.0 Å². The van der Waals surface area contributed by atoms with Crippen LogP contribution in [0.3, 0.4) is 0 Å². The molecule has 1 heterocycles. The standard InChI is InChI=1S/C23H31N3O4S/c1-31(28,29)26(19-23(27)24-15-10-18-25-16-8-3-9-17-25)21-13-6-7-14-22(21)30-20-11-4-2-5-12-20/h2,4-7,11-14H,3,8-10,15-19H2,1H3,(H,24,27). The number of para-hydroxylation sites is 3. The first kappa shape index (κ1) is 23.1. The van der Waals surface area contributed by atoms with Crippen LogP contribution in [-0.2, 0) is 14.8 Å². The van der Waals surface area contributed by atoms with Crippen LogP contribution in [0.2, 0.25) is 0 Å². The largest absolute Gasteiger partial charge is 0.455 e. The summed E-state index contributed by atoms with van der Waals surface area (Å²) in [5, 5.41) is 2.85. The summed E-state index contributed by atoms with van der Waals surface area (Å²) < 4.78 is 32.0. The number of amides is 1. The average molecular weight is 446 g/mol. The van der Waals surface area contributed by atoms with Crippen molar-refractivity contribution in [2.24, 2.45) is 0 Å². The number of piperidine rings is 1. The molecule has 0 unspecified atom stereocenters. The number of carbonyl (C=O) groups excluding carboxylic acids is 1. The van der Waals surface area contributed by atoms with E-state index in [4.69, 9.17) is 4.74 Å². The molecule has 0 atom stereocenters. The highest BCUT2D eigenvalue weighted by molar-refractivity contribution is 7.92. The second kappa shape index (κ2) is 11.2. The maximum Gasteiger partial charge on any atom is 0.240 e. The van der Waals surface area contributed by atoms with Crippen LogP contribution >= 0.6 is 0 Å². The molecule has 1 aliphatic rings. The summed E-state index contributed by atoms with van der Waals surface area (Å²) in [7, 11) is -3.69. The first-order valence-corrected chi connectivity index (χ1v) is 12.6. The molecule has 0 aromatic heterocycles. The molecule has 2 aromatic rings. The third-order valence-corrected chi connectivity index (χ3v) is 6.34. The van der Waals surface area contributed by atoms with Gasteiger partial charge in [0.15, 0.2) is 5.75 Å². The smallest absolute Gasteiger partial charge is 0.240 e. The Kier molecular flexibility index (Phi) is 8.31. The molecule has 0 radical (unpaired) electrons. The number of anilines is 1. The molecule has 31 heavy (non-hydrogen) atoms. The van der Waals surface area contributed by atoms with Crippen molar-refractivity contribution in [2.75, 3.05) is 43.3 Å². The average Bonchev–Trinajstić information content (AvgIpc) is 2.76. The quantitative estimate of drug-likeness (QED) is 0.568. The number of hydrogen-bond donors (Lipinski definition) is 1. The maximum absolute atomic E-state index is 12.5. The number of hydrogen-bond acceptors (Lipinski definition) is 5. The summed E-state index contributed by atoms with van der Waals surface area (Å²) in [4.78, 5) is 14.9. The molecule has 1 aliphatic heterocycles. The van der Waals surface area contributed by atoms with E-state index >= 15 is 0 Å². The molecule has 0 saturated carbocycles. The Morgan fingerprint density at radius 2 is 1.71 bits per heavy atom. The molecule has 1 saturated heterocycles. The highest BCUT2D eigenvalue weighted by Gasteiger charge is 2.24. The van der Waals surface area contributed by atoms with Gasteiger partial charge in [-0.05, 0) is 63.2 Å². The van der Waals surface area contributed by atoms with Crippen molar-refractivity contribution < 1.29 is 17.9 Å². The maximum atomic E-state index is 12.5. The van der Waals surface area contributed by atoms with Crippen molar-refractivity contribution in [2.45, 2.75) is 25.7 Å². The molecule has 0 spiro atoms. The Balaban J connectivity index is 1.62. The van der Waals surface area contributed by atoms with Crippen LogP contribution in [0.5, 0.6) is 11.5 Å². The van der Waals surface area contributed by atoms with Gasteiger partial charge in [0, 0.05) is 6.54 Å². The van der Waals surface area contributed by atoms with Gasteiger partial charge in [-0.15, -0.1) is 0 Å². The molecule has 1 N–H and O–H groups in total. The summed E-state index contributed by atoms with van der Waals surface area (Å²) >= 11 is 0. The number of sulfonamides is 1. The first-order chi connectivity index (χ1) is 14.9. The number of benzene rings is 2. The molecular weight excluding hydrogens is 414 g/mol. The second-order valence-corrected chi connectivity index (χ2v) is 9.67. The van der Waals surface area contributed by atoms with E-state index in [2.05, 4.69) is 10.2 Å². The summed E-state index contributed by atoms with van der Waals surface area (Å²) in [6, 6.07) is 15.9. The van der Waals surface area contributed by atoms with Gasteiger partial charge < -0.3 is 15.0 Å². The van der Waals surface area contributed by atoms with Crippen molar-refractivity contribution in [3.8, 4) is 11.5 Å². The highest BCUT2D eigenvalue weighted by Crippen LogP contribution is 2.33. The van der Waals surface area contributed by atoms with Gasteiger partial charge in [0.2, 0.25) is 15.9 Å². The van der Waals surface area contributed by atoms with E-state index in [1.807, 2.05) is 18.2 Å². The molecule has 1 amide bonds. The van der Waals surface area contributed by atoms with Crippen LogP contribution < -0.4 is 14.4 Å². The zero-order valence-electron chi connectivity index (χ0n) is 18.0. The zero-order valence-corrected chi connectivity index (χ0v) is 18.8. The van der Waals surface area contributed by atoms with E-state index in [-0.39, 0.29) is 12.5 Å². The van der Waals surface area contributed by atoms with Gasteiger partial charge in [0.1, 0.15) is 12.3 Å². The predicted octanol–water partition coefficient (Wildman–Crippen LogP) is 3.24. The first-order valence-electron chi connectivity index (χ1n) is 10.7. The third-order valence-electron chi connectivity index (χ3n) is 5.21. The molecule has 7 nitrogen and oxygen atoms in total. The summed E-state index contributed by atoms with van der Waals surface area (Å²) in [6.45, 7) is 3.42. The molecule has 0 bridgehead atoms. The number of nitrogens with zero attached hydrogens (tertiary/aromatic N) is 2. The van der Waals surface area contributed by atoms with E-state index in [9.17, 15) is 13.2 Å². The van der Waals surface area contributed by atoms with E-state index in [1.165, 1.54) is 19.3 Å². The van der Waals surface area contributed by atoms with Crippen molar-refractivity contribution in [1.29, 1.82) is 0 Å². The van der Waals surface area contributed by atoms with Gasteiger partial charge in [-0.25, -0.2) is 8.42 Å². The van der Waals surface area contributed by atoms with E-state index in [0.717, 1.165) is 36.6 Å². The van der Waals surface area contributed by atoms with Gasteiger partial charge in [-0.3, -0.25) is 9.10 Å². The zero-order chi connectivity index (χ0) is 22.1. The topological polar surface area (TPSA) is 79.0 Å². The van der Waals surface area contributed by atoms with Crippen LogP contribution in [0.15, 0.2) is 54.6 Å². The Bertz CT molecular complexity index is 944. The lowest BCUT2D eigenvalue weighted by Gasteiger charge is -2.26. The van der Waals surface area contributed by atoms with Gasteiger partial charge in [0.25, 0.3) is 0 Å². The summed E-state index contributed by atoms with van der Waals surface area (Å²) in [5.41, 5.74) is 0.331. The Morgan fingerprint density at radius 1 is 1.03 bits per heavy atom. The van der Waals surface area contributed by atoms with Crippen molar-refractivity contribution in [1.82, 2.24) is 10.2 Å². The van der Waals surface area contributed by atoms with E-state index in [1.54, 1.807) is 36.4 Å². The number of rotatable bonds is 10. The van der Waals surface area contributed by atoms with Crippen molar-refractivity contribution >= 4 is 21.6 Å². The van der Waals surface area contributed by atoms with Gasteiger partial charge in [0.05, 0.1) is 11.9 Å². The second-order valence-electron chi connectivity index (χ2n) is 7.76. The molecule has 168 valence electrons. The lowest BCUT2D eigenvalue weighted by molar-refractivity contribution is -0.119. The van der Waals surface area contributed by atoms with Crippen molar-refractivity contribution in [3.63, 3.8) is 0 Å². The van der Waals surface area contributed by atoms with Crippen LogP contribution in [0, 0.1) is 0 Å². The lowest BCUT2D eigenvalue weighted by atomic mass is 10.1.